The molecule has 0 saturated heterocycles. The Labute approximate surface area is 292 Å². The Kier molecular flexibility index (Phi) is 6.01. The van der Waals surface area contributed by atoms with E-state index in [9.17, 15) is 5.26 Å². The number of benzene rings is 7. The fourth-order valence-electron chi connectivity index (χ4n) is 8.96. The third kappa shape index (κ3) is 3.73. The van der Waals surface area contributed by atoms with Gasteiger partial charge in [0.25, 0.3) is 0 Å². The topological polar surface area (TPSA) is 38.0 Å². The summed E-state index contributed by atoms with van der Waals surface area (Å²) in [5.41, 5.74) is 8.74. The van der Waals surface area contributed by atoms with Crippen molar-refractivity contribution in [3.05, 3.63) is 174 Å². The van der Waals surface area contributed by atoms with Crippen LogP contribution < -0.4 is 25.5 Å². The van der Waals surface area contributed by atoms with E-state index in [0.717, 1.165) is 44.6 Å². The first-order chi connectivity index (χ1) is 24.5. The fraction of sp³-hybridized carbons (Fsp3) is 0.0652. The summed E-state index contributed by atoms with van der Waals surface area (Å²) in [6, 6.07) is 59.5. The molecule has 4 heteroatoms. The van der Waals surface area contributed by atoms with E-state index in [-0.39, 0.29) is 5.41 Å². The van der Waals surface area contributed by atoms with E-state index >= 15 is 0 Å². The lowest BCUT2D eigenvalue weighted by Gasteiger charge is -2.39. The van der Waals surface area contributed by atoms with Gasteiger partial charge in [0.05, 0.1) is 28.1 Å². The molecule has 2 heterocycles. The van der Waals surface area contributed by atoms with Gasteiger partial charge in [-0.1, -0.05) is 129 Å². The molecular weight excluding hydrogens is 625 g/mol. The molecule has 50 heavy (non-hydrogen) atoms. The molecule has 1 aromatic heterocycles. The lowest BCUT2D eigenvalue weighted by Crippen LogP contribution is -2.76. The molecule has 0 atom stereocenters. The first-order valence-electron chi connectivity index (χ1n) is 17.2. The molecule has 0 radical (unpaired) electrons. The van der Waals surface area contributed by atoms with Crippen molar-refractivity contribution in [2.24, 2.45) is 0 Å². The van der Waals surface area contributed by atoms with Crippen LogP contribution in [0.4, 0.5) is 0 Å². The van der Waals surface area contributed by atoms with E-state index in [1.807, 2.05) is 6.07 Å². The van der Waals surface area contributed by atoms with Crippen LogP contribution in [0.3, 0.4) is 0 Å². The summed E-state index contributed by atoms with van der Waals surface area (Å²) >= 11 is 0. The van der Waals surface area contributed by atoms with Crippen molar-refractivity contribution in [2.45, 2.75) is 19.3 Å². The van der Waals surface area contributed by atoms with Crippen LogP contribution in [-0.2, 0) is 5.41 Å². The molecule has 10 rings (SSSR count). The third-order valence-corrected chi connectivity index (χ3v) is 16.0. The van der Waals surface area contributed by atoms with Crippen molar-refractivity contribution in [3.63, 3.8) is 0 Å². The van der Waals surface area contributed by atoms with Crippen LogP contribution in [0, 0.1) is 11.3 Å². The van der Waals surface area contributed by atoms with E-state index in [0.29, 0.717) is 5.56 Å². The molecule has 0 fully saturated rings. The highest BCUT2D eigenvalue weighted by Gasteiger charge is 2.48. The van der Waals surface area contributed by atoms with Crippen LogP contribution in [0.5, 0.6) is 11.5 Å². The van der Waals surface area contributed by atoms with Crippen LogP contribution in [0.15, 0.2) is 158 Å². The van der Waals surface area contributed by atoms with E-state index in [2.05, 4.69) is 176 Å². The van der Waals surface area contributed by atoms with Gasteiger partial charge in [-0.25, -0.2) is 0 Å². The summed E-state index contributed by atoms with van der Waals surface area (Å²) in [4.78, 5) is 0. The van der Waals surface area contributed by atoms with Crippen LogP contribution in [-0.4, -0.2) is 12.6 Å². The molecule has 2 aliphatic rings. The Morgan fingerprint density at radius 2 is 1.24 bits per heavy atom. The SMILES string of the molecule is CC1(C)c2ccc(C#N)cc2-c2cc(-n3c4ccccc4c4c5c(ccc43)[Si](c3ccccc3)(c3ccccc3)c3ccccc3O5)ccc21. The highest BCUT2D eigenvalue weighted by Crippen LogP contribution is 2.50. The highest BCUT2D eigenvalue weighted by atomic mass is 28.3. The van der Waals surface area contributed by atoms with Gasteiger partial charge in [0.15, 0.2) is 8.07 Å². The number of ether oxygens (including phenoxy) is 1. The van der Waals surface area contributed by atoms with Crippen molar-refractivity contribution < 1.29 is 4.74 Å². The number of hydrogen-bond acceptors (Lipinski definition) is 2. The Morgan fingerprint density at radius 1 is 0.600 bits per heavy atom. The fourth-order valence-corrected chi connectivity index (χ4v) is 13.9. The Bertz CT molecular complexity index is 2680. The molecular formula is C46H32N2OSi. The molecule has 0 unspecified atom stereocenters. The monoisotopic (exact) mass is 656 g/mol. The van der Waals surface area contributed by atoms with Crippen molar-refractivity contribution >= 4 is 50.6 Å². The minimum absolute atomic E-state index is 0.152. The minimum Gasteiger partial charge on any atom is -0.457 e. The summed E-state index contributed by atoms with van der Waals surface area (Å²) in [6.07, 6.45) is 0. The van der Waals surface area contributed by atoms with E-state index in [1.165, 1.54) is 37.4 Å². The molecule has 1 aliphatic carbocycles. The van der Waals surface area contributed by atoms with E-state index in [4.69, 9.17) is 4.74 Å². The summed E-state index contributed by atoms with van der Waals surface area (Å²) in [7, 11) is -2.79. The second kappa shape index (κ2) is 10.4. The molecule has 0 N–H and O–H groups in total. The number of aromatic nitrogens is 1. The molecule has 7 aromatic carbocycles. The molecule has 0 bridgehead atoms. The molecule has 0 spiro atoms. The third-order valence-electron chi connectivity index (χ3n) is 11.2. The second-order valence-electron chi connectivity index (χ2n) is 14.0. The molecule has 0 amide bonds. The van der Waals surface area contributed by atoms with Crippen molar-refractivity contribution in [1.29, 1.82) is 5.26 Å². The van der Waals surface area contributed by atoms with Gasteiger partial charge in [0.2, 0.25) is 0 Å². The summed E-state index contributed by atoms with van der Waals surface area (Å²) in [5, 5.41) is 17.3. The zero-order valence-electron chi connectivity index (χ0n) is 27.8. The Morgan fingerprint density at radius 3 is 1.98 bits per heavy atom. The van der Waals surface area contributed by atoms with Crippen LogP contribution >= 0.6 is 0 Å². The Hall–Kier alpha value is -6.15. The van der Waals surface area contributed by atoms with E-state index < -0.39 is 8.07 Å². The maximum atomic E-state index is 9.77. The molecule has 8 aromatic rings. The van der Waals surface area contributed by atoms with Gasteiger partial charge in [-0.2, -0.15) is 5.26 Å². The van der Waals surface area contributed by atoms with E-state index in [1.54, 1.807) is 0 Å². The number of fused-ring (bicyclic) bond motifs is 9. The van der Waals surface area contributed by atoms with Gasteiger partial charge in [-0.3, -0.25) is 0 Å². The molecule has 1 aliphatic heterocycles. The van der Waals surface area contributed by atoms with Gasteiger partial charge in [0.1, 0.15) is 11.5 Å². The van der Waals surface area contributed by atoms with Gasteiger partial charge < -0.3 is 9.30 Å². The standard InChI is InChI=1S/C46H32N2OSi/c1-46(2)37-23-21-30(29-47)27-35(37)36-28-31(22-24-38(36)46)48-39-18-10-9-17-34(39)44-40(48)25-26-43-45(44)49-41-19-11-12-20-42(41)50(43,32-13-5-3-6-14-32)33-15-7-4-8-16-33/h3-28H,1-2H3. The lowest BCUT2D eigenvalue weighted by molar-refractivity contribution is 0.493. The number of para-hydroxylation sites is 2. The van der Waals surface area contributed by atoms with Crippen LogP contribution in [0.2, 0.25) is 0 Å². The van der Waals surface area contributed by atoms with Gasteiger partial charge >= 0.3 is 0 Å². The van der Waals surface area contributed by atoms with Gasteiger partial charge in [0, 0.05) is 16.5 Å². The average Bonchev–Trinajstić information content (AvgIpc) is 3.62. The highest BCUT2D eigenvalue weighted by molar-refractivity contribution is 7.20. The van der Waals surface area contributed by atoms with Crippen molar-refractivity contribution in [2.75, 3.05) is 0 Å². The lowest BCUT2D eigenvalue weighted by atomic mass is 9.82. The first-order valence-corrected chi connectivity index (χ1v) is 19.2. The summed E-state index contributed by atoms with van der Waals surface area (Å²) in [5.74, 6) is 1.87. The van der Waals surface area contributed by atoms with Crippen molar-refractivity contribution in [3.8, 4) is 34.4 Å². The number of nitriles is 1. The van der Waals surface area contributed by atoms with Gasteiger partial charge in [-0.15, -0.1) is 0 Å². The maximum absolute atomic E-state index is 9.77. The summed E-state index contributed by atoms with van der Waals surface area (Å²) < 4.78 is 9.50. The van der Waals surface area contributed by atoms with Crippen molar-refractivity contribution in [1.82, 2.24) is 4.57 Å². The molecule has 236 valence electrons. The number of nitrogens with zero attached hydrogens (tertiary/aromatic N) is 2. The smallest absolute Gasteiger partial charge is 0.188 e. The molecule has 3 nitrogen and oxygen atoms in total. The predicted molar refractivity (Wildman–Crippen MR) is 207 cm³/mol. The Balaban J connectivity index is 1.30. The van der Waals surface area contributed by atoms with Crippen LogP contribution in [0.25, 0.3) is 38.6 Å². The number of rotatable bonds is 3. The quantitative estimate of drug-likeness (QED) is 0.179. The maximum Gasteiger partial charge on any atom is 0.188 e. The zero-order chi connectivity index (χ0) is 33.6. The van der Waals surface area contributed by atoms with Gasteiger partial charge in [-0.05, 0) is 85.5 Å². The first kappa shape index (κ1) is 28.8. The largest absolute Gasteiger partial charge is 0.457 e. The second-order valence-corrected chi connectivity index (χ2v) is 17.7. The number of hydrogen-bond donors (Lipinski definition) is 0. The minimum atomic E-state index is -2.79. The zero-order valence-corrected chi connectivity index (χ0v) is 28.8. The normalized spacial score (nSPS) is 14.7. The predicted octanol–water partition coefficient (Wildman–Crippen LogP) is 8.44. The van der Waals surface area contributed by atoms with Crippen LogP contribution in [0.1, 0.15) is 30.5 Å². The average molecular weight is 657 g/mol. The molecule has 0 saturated carbocycles. The summed E-state index contributed by atoms with van der Waals surface area (Å²) in [6.45, 7) is 4.56.